The molecule has 3 heterocycles. The van der Waals surface area contributed by atoms with Gasteiger partial charge in [-0.2, -0.15) is 0 Å². The fourth-order valence-electron chi connectivity index (χ4n) is 6.44. The minimum atomic E-state index is -0.360. The molecular formula is C28H30ClN5O2S. The van der Waals surface area contributed by atoms with E-state index in [1.807, 2.05) is 43.1 Å². The first-order valence-corrected chi connectivity index (χ1v) is 14.4. The predicted molar refractivity (Wildman–Crippen MR) is 144 cm³/mol. The zero-order valence-corrected chi connectivity index (χ0v) is 22.6. The highest BCUT2D eigenvalue weighted by Gasteiger charge is 2.52. The van der Waals surface area contributed by atoms with Gasteiger partial charge < -0.3 is 10.0 Å². The summed E-state index contributed by atoms with van der Waals surface area (Å²) in [4.78, 5) is 22.2. The summed E-state index contributed by atoms with van der Waals surface area (Å²) in [5.41, 5.74) is 3.81. The van der Waals surface area contributed by atoms with Crippen LogP contribution in [0.4, 0.5) is 0 Å². The Labute approximate surface area is 225 Å². The molecule has 1 aliphatic heterocycles. The number of fused-ring (bicyclic) bond motifs is 6. The average molecular weight is 536 g/mol. The third-order valence-electron chi connectivity index (χ3n) is 8.72. The van der Waals surface area contributed by atoms with Gasteiger partial charge in [-0.05, 0) is 69.9 Å². The molecule has 2 aromatic heterocycles. The van der Waals surface area contributed by atoms with Gasteiger partial charge in [0.25, 0.3) is 0 Å². The van der Waals surface area contributed by atoms with Crippen LogP contribution in [-0.2, 0) is 23.2 Å². The van der Waals surface area contributed by atoms with Crippen molar-refractivity contribution in [2.24, 2.45) is 10.9 Å². The van der Waals surface area contributed by atoms with Crippen molar-refractivity contribution in [1.82, 2.24) is 19.7 Å². The highest BCUT2D eigenvalue weighted by molar-refractivity contribution is 7.15. The second kappa shape index (κ2) is 8.48. The Morgan fingerprint density at radius 2 is 1.92 bits per heavy atom. The van der Waals surface area contributed by atoms with E-state index in [1.165, 1.54) is 10.4 Å². The number of aryl methyl sites for hydroxylation is 1. The molecule has 0 bridgehead atoms. The molecule has 37 heavy (non-hydrogen) atoms. The van der Waals surface area contributed by atoms with E-state index in [-0.39, 0.29) is 29.5 Å². The van der Waals surface area contributed by atoms with Gasteiger partial charge in [-0.3, -0.25) is 14.4 Å². The quantitative estimate of drug-likeness (QED) is 0.531. The Hall–Kier alpha value is -2.55. The normalized spacial score (nSPS) is 25.2. The maximum Gasteiger partial charge on any atom is 0.226 e. The monoisotopic (exact) mass is 535 g/mol. The van der Waals surface area contributed by atoms with Gasteiger partial charge in [-0.25, -0.2) is 0 Å². The molecule has 0 unspecified atom stereocenters. The second-order valence-electron chi connectivity index (χ2n) is 11.1. The molecule has 7 rings (SSSR count). The van der Waals surface area contributed by atoms with Gasteiger partial charge in [0.05, 0.1) is 11.8 Å². The summed E-state index contributed by atoms with van der Waals surface area (Å²) in [5, 5.41) is 20.7. The Kier molecular flexibility index (Phi) is 5.40. The third kappa shape index (κ3) is 3.63. The molecular weight excluding hydrogens is 506 g/mol. The predicted octanol–water partition coefficient (Wildman–Crippen LogP) is 4.61. The van der Waals surface area contributed by atoms with E-state index in [4.69, 9.17) is 16.6 Å². The van der Waals surface area contributed by atoms with Crippen LogP contribution >= 0.6 is 22.9 Å². The van der Waals surface area contributed by atoms with Gasteiger partial charge in [-0.15, -0.1) is 21.5 Å². The summed E-state index contributed by atoms with van der Waals surface area (Å²) >= 11 is 8.51. The second-order valence-corrected chi connectivity index (χ2v) is 12.6. The molecule has 2 fully saturated rings. The molecule has 7 nitrogen and oxygen atoms in total. The summed E-state index contributed by atoms with van der Waals surface area (Å²) in [7, 11) is 1.94. The minimum Gasteiger partial charge on any atom is -0.393 e. The number of nitrogens with zero attached hydrogens (tertiary/aromatic N) is 5. The van der Waals surface area contributed by atoms with Crippen LogP contribution in [0.1, 0.15) is 71.7 Å². The van der Waals surface area contributed by atoms with Crippen molar-refractivity contribution in [3.63, 3.8) is 0 Å². The molecule has 3 aromatic rings. The van der Waals surface area contributed by atoms with Crippen molar-refractivity contribution < 1.29 is 9.90 Å². The number of thiophene rings is 1. The number of aromatic nitrogens is 3. The van der Waals surface area contributed by atoms with Crippen molar-refractivity contribution in [2.75, 3.05) is 7.05 Å². The Balaban J connectivity index is 1.30. The minimum absolute atomic E-state index is 0.0736. The highest BCUT2D eigenvalue weighted by atomic mass is 35.5. The number of amides is 1. The van der Waals surface area contributed by atoms with Gasteiger partial charge in [0.1, 0.15) is 16.4 Å². The third-order valence-corrected chi connectivity index (χ3v) is 10.3. The van der Waals surface area contributed by atoms with Crippen LogP contribution in [0.15, 0.2) is 29.3 Å². The molecule has 192 valence electrons. The molecule has 9 heteroatoms. The molecule has 1 N–H and O–H groups in total. The van der Waals surface area contributed by atoms with Gasteiger partial charge in [-0.1, -0.05) is 29.8 Å². The smallest absolute Gasteiger partial charge is 0.226 e. The largest absolute Gasteiger partial charge is 0.393 e. The molecule has 1 atom stereocenters. The van der Waals surface area contributed by atoms with Crippen molar-refractivity contribution in [1.29, 1.82) is 0 Å². The highest BCUT2D eigenvalue weighted by Crippen LogP contribution is 2.54. The zero-order valence-electron chi connectivity index (χ0n) is 21.1. The average Bonchev–Trinajstić information content (AvgIpc) is 3.23. The molecule has 1 spiro atoms. The van der Waals surface area contributed by atoms with Crippen LogP contribution in [0.2, 0.25) is 5.02 Å². The van der Waals surface area contributed by atoms with Crippen LogP contribution in [0.5, 0.6) is 0 Å². The molecule has 3 aliphatic carbocycles. The number of benzene rings is 1. The summed E-state index contributed by atoms with van der Waals surface area (Å²) in [5.74, 6) is 1.92. The van der Waals surface area contributed by atoms with Crippen molar-refractivity contribution in [2.45, 2.75) is 76.0 Å². The molecule has 1 amide bonds. The topological polar surface area (TPSA) is 83.6 Å². The van der Waals surface area contributed by atoms with Gasteiger partial charge in [0.15, 0.2) is 5.82 Å². The number of aliphatic hydroxyl groups is 1. The number of hydrogen-bond acceptors (Lipinski definition) is 6. The van der Waals surface area contributed by atoms with Gasteiger partial charge in [0, 0.05) is 40.0 Å². The Morgan fingerprint density at radius 3 is 2.65 bits per heavy atom. The number of carbonyl (C=O) groups is 1. The maximum atomic E-state index is 13.6. The zero-order chi connectivity index (χ0) is 25.5. The van der Waals surface area contributed by atoms with Crippen molar-refractivity contribution in [3.05, 3.63) is 62.5 Å². The summed E-state index contributed by atoms with van der Waals surface area (Å²) in [6.45, 7) is 2.00. The fourth-order valence-corrected chi connectivity index (χ4v) is 8.12. The first-order chi connectivity index (χ1) is 17.9. The van der Waals surface area contributed by atoms with Crippen LogP contribution in [0.3, 0.4) is 0 Å². The number of rotatable bonds is 3. The lowest BCUT2D eigenvalue weighted by Gasteiger charge is -2.34. The van der Waals surface area contributed by atoms with E-state index in [2.05, 4.69) is 14.8 Å². The van der Waals surface area contributed by atoms with Crippen molar-refractivity contribution in [3.8, 4) is 5.00 Å². The number of carbonyl (C=O) groups excluding carboxylic acids is 1. The number of hydrogen-bond donors (Lipinski definition) is 1. The summed E-state index contributed by atoms with van der Waals surface area (Å²) < 4.78 is 2.20. The summed E-state index contributed by atoms with van der Waals surface area (Å²) in [6.07, 6.45) is 6.38. The van der Waals surface area contributed by atoms with Crippen LogP contribution in [0, 0.1) is 12.8 Å². The van der Waals surface area contributed by atoms with E-state index in [0.29, 0.717) is 11.4 Å². The molecule has 4 aliphatic rings. The first-order valence-electron chi connectivity index (χ1n) is 13.2. The molecule has 0 radical (unpaired) electrons. The fraction of sp³-hybridized carbons (Fsp3) is 0.500. The lowest BCUT2D eigenvalue weighted by molar-refractivity contribution is -0.137. The molecule has 1 aromatic carbocycles. The van der Waals surface area contributed by atoms with Crippen LogP contribution in [-0.4, -0.2) is 55.6 Å². The van der Waals surface area contributed by atoms with E-state index >= 15 is 0 Å². The molecule has 0 saturated heterocycles. The SMILES string of the molecule is Cc1nnc2n1-c1sc3c(c1C(c1ccccc1Cl)=NC21CC1)C[C@H](C(=O)N(C)C1CCC(O)CC1)C3. The lowest BCUT2D eigenvalue weighted by Crippen LogP contribution is -2.43. The van der Waals surface area contributed by atoms with Crippen molar-refractivity contribution >= 4 is 34.6 Å². The number of halogens is 1. The van der Waals surface area contributed by atoms with Crippen LogP contribution in [0.25, 0.3) is 5.00 Å². The van der Waals surface area contributed by atoms with E-state index in [9.17, 15) is 9.90 Å². The first kappa shape index (κ1) is 23.6. The Morgan fingerprint density at radius 1 is 1.16 bits per heavy atom. The maximum absolute atomic E-state index is 13.6. The Bertz CT molecular complexity index is 1450. The number of aliphatic imine (C=N–C) groups is 1. The lowest BCUT2D eigenvalue weighted by atomic mass is 9.91. The standard InChI is InChI=1S/C28H30ClN5O2S/c1-15-31-32-27-28(11-12-28)30-24(19-5-3-4-6-21(19)29)23-20-13-16(14-22(20)37-26(23)34(15)27)25(36)33(2)17-7-9-18(35)10-8-17/h3-6,16-18,35H,7-14H2,1-2H3/t16-,17?,18?/m0/s1. The van der Waals surface area contributed by atoms with Crippen LogP contribution < -0.4 is 0 Å². The molecule has 2 saturated carbocycles. The van der Waals surface area contributed by atoms with Gasteiger partial charge in [0.2, 0.25) is 5.91 Å². The number of aliphatic hydroxyl groups excluding tert-OH is 1. The summed E-state index contributed by atoms with van der Waals surface area (Å²) in [6, 6.07) is 8.14. The van der Waals surface area contributed by atoms with E-state index in [1.54, 1.807) is 11.3 Å². The van der Waals surface area contributed by atoms with Gasteiger partial charge >= 0.3 is 0 Å². The van der Waals surface area contributed by atoms with E-state index < -0.39 is 0 Å². The van der Waals surface area contributed by atoms with E-state index in [0.717, 1.165) is 78.4 Å².